The number of carbonyl (C=O) groups is 1. The third-order valence-electron chi connectivity index (χ3n) is 5.55. The second-order valence-electron chi connectivity index (χ2n) is 7.20. The summed E-state index contributed by atoms with van der Waals surface area (Å²) in [6, 6.07) is 6.44. The van der Waals surface area contributed by atoms with Gasteiger partial charge in [-0.3, -0.25) is 4.79 Å². The van der Waals surface area contributed by atoms with Gasteiger partial charge < -0.3 is 9.64 Å². The van der Waals surface area contributed by atoms with Crippen molar-refractivity contribution < 1.29 is 22.3 Å². The Kier molecular flexibility index (Phi) is 3.90. The number of likely N-dealkylation sites (N-methyl/N-ethyl adjacent to an activating group) is 1. The number of hydrogen-bond acceptors (Lipinski definition) is 4. The summed E-state index contributed by atoms with van der Waals surface area (Å²) in [6.45, 7) is 0.981. The second-order valence-corrected chi connectivity index (χ2v) is 9.42. The van der Waals surface area contributed by atoms with Crippen LogP contribution in [-0.2, 0) is 26.0 Å². The molecule has 0 N–H and O–H groups in total. The molecular formula is C17H21FN2O4S. The lowest BCUT2D eigenvalue weighted by molar-refractivity contribution is -0.150. The lowest BCUT2D eigenvalue weighted by Gasteiger charge is -2.39. The molecule has 3 aliphatic heterocycles. The molecule has 1 spiro atoms. The van der Waals surface area contributed by atoms with E-state index in [9.17, 15) is 17.6 Å². The van der Waals surface area contributed by atoms with Crippen LogP contribution in [0.4, 0.5) is 4.39 Å². The molecule has 3 aliphatic rings. The maximum absolute atomic E-state index is 13.7. The third kappa shape index (κ3) is 2.67. The average molecular weight is 368 g/mol. The number of ether oxygens (including phenoxy) is 1. The molecule has 0 radical (unpaired) electrons. The molecular weight excluding hydrogens is 347 g/mol. The highest BCUT2D eigenvalue weighted by atomic mass is 32.2. The van der Waals surface area contributed by atoms with E-state index >= 15 is 0 Å². The summed E-state index contributed by atoms with van der Waals surface area (Å²) in [6.07, 6.45) is 0.739. The van der Waals surface area contributed by atoms with Crippen LogP contribution in [0.5, 0.6) is 0 Å². The van der Waals surface area contributed by atoms with E-state index in [1.54, 1.807) is 30.1 Å². The number of morpholine rings is 1. The lowest BCUT2D eigenvalue weighted by Crippen LogP contribution is -2.56. The fourth-order valence-corrected chi connectivity index (χ4v) is 6.39. The standard InChI is InChI=1S/C17H21FN2O4S/c1-19-10-17-11-20(9-13(24-17)8-15(17)25(19,22)23)16(21)7-6-12-4-2-3-5-14(12)18/h2-5,13,15H,6-11H2,1H3/t13-,15+,17-/m1/s1. The van der Waals surface area contributed by atoms with Crippen molar-refractivity contribution in [3.8, 4) is 0 Å². The highest BCUT2D eigenvalue weighted by Gasteiger charge is 2.64. The van der Waals surface area contributed by atoms with Gasteiger partial charge in [-0.1, -0.05) is 18.2 Å². The minimum atomic E-state index is -3.36. The summed E-state index contributed by atoms with van der Waals surface area (Å²) in [7, 11) is -1.80. The molecule has 3 fully saturated rings. The third-order valence-corrected chi connectivity index (χ3v) is 7.89. The van der Waals surface area contributed by atoms with Crippen molar-refractivity contribution in [2.24, 2.45) is 0 Å². The van der Waals surface area contributed by atoms with E-state index in [1.165, 1.54) is 10.4 Å². The number of likely N-dealkylation sites (tertiary alicyclic amines) is 1. The van der Waals surface area contributed by atoms with Crippen molar-refractivity contribution in [1.29, 1.82) is 0 Å². The van der Waals surface area contributed by atoms with E-state index in [1.807, 2.05) is 0 Å². The lowest BCUT2D eigenvalue weighted by atomic mass is 9.99. The summed E-state index contributed by atoms with van der Waals surface area (Å²) >= 11 is 0. The predicted octanol–water partition coefficient (Wildman–Crippen LogP) is 0.772. The number of nitrogens with zero attached hydrogens (tertiary/aromatic N) is 2. The van der Waals surface area contributed by atoms with Gasteiger partial charge in [0.2, 0.25) is 15.9 Å². The maximum Gasteiger partial charge on any atom is 0.223 e. The van der Waals surface area contributed by atoms with Gasteiger partial charge in [-0.05, 0) is 24.5 Å². The smallest absolute Gasteiger partial charge is 0.223 e. The molecule has 0 aliphatic carbocycles. The molecule has 0 unspecified atom stereocenters. The Morgan fingerprint density at radius 1 is 1.36 bits per heavy atom. The Balaban J connectivity index is 1.47. The molecule has 1 aromatic carbocycles. The van der Waals surface area contributed by atoms with E-state index in [0.29, 0.717) is 24.9 Å². The first kappa shape index (κ1) is 16.9. The SMILES string of the molecule is CN1C[C@@]23CN(C(=O)CCc4ccccc4F)C[C@@H](C[C@@H]2S1(=O)=O)O3. The molecule has 1 aromatic rings. The first-order chi connectivity index (χ1) is 11.8. The van der Waals surface area contributed by atoms with Gasteiger partial charge in [-0.15, -0.1) is 0 Å². The van der Waals surface area contributed by atoms with E-state index in [-0.39, 0.29) is 37.3 Å². The Morgan fingerprint density at radius 3 is 2.88 bits per heavy atom. The van der Waals surface area contributed by atoms with Crippen LogP contribution >= 0.6 is 0 Å². The molecule has 6 nitrogen and oxygen atoms in total. The number of rotatable bonds is 3. The topological polar surface area (TPSA) is 66.9 Å². The molecule has 3 saturated heterocycles. The molecule has 0 saturated carbocycles. The highest BCUT2D eigenvalue weighted by Crippen LogP contribution is 2.46. The van der Waals surface area contributed by atoms with Gasteiger partial charge in [-0.2, -0.15) is 0 Å². The van der Waals surface area contributed by atoms with Crippen molar-refractivity contribution in [2.45, 2.75) is 36.2 Å². The van der Waals surface area contributed by atoms with Gasteiger partial charge in [0.1, 0.15) is 16.7 Å². The number of benzene rings is 1. The first-order valence-electron chi connectivity index (χ1n) is 8.46. The second kappa shape index (κ2) is 5.75. The Bertz CT molecular complexity index is 815. The molecule has 8 heteroatoms. The van der Waals surface area contributed by atoms with Crippen LogP contribution in [-0.4, -0.2) is 67.2 Å². The molecule has 0 aromatic heterocycles. The number of amides is 1. The Hall–Kier alpha value is -1.51. The maximum atomic E-state index is 13.7. The van der Waals surface area contributed by atoms with Gasteiger partial charge >= 0.3 is 0 Å². The molecule has 25 heavy (non-hydrogen) atoms. The first-order valence-corrected chi connectivity index (χ1v) is 9.96. The molecule has 3 atom stereocenters. The average Bonchev–Trinajstić information content (AvgIpc) is 2.92. The summed E-state index contributed by atoms with van der Waals surface area (Å²) in [4.78, 5) is 14.3. The number of sulfonamides is 1. The van der Waals surface area contributed by atoms with Crippen molar-refractivity contribution >= 4 is 15.9 Å². The zero-order valence-corrected chi connectivity index (χ0v) is 14.8. The van der Waals surface area contributed by atoms with Crippen LogP contribution in [0.1, 0.15) is 18.4 Å². The van der Waals surface area contributed by atoms with Gasteiger partial charge in [0, 0.05) is 26.6 Å². The highest BCUT2D eigenvalue weighted by molar-refractivity contribution is 7.90. The molecule has 4 rings (SSSR count). The minimum Gasteiger partial charge on any atom is -0.365 e. The summed E-state index contributed by atoms with van der Waals surface area (Å²) in [5, 5.41) is -0.570. The molecule has 136 valence electrons. The van der Waals surface area contributed by atoms with Crippen LogP contribution in [0.15, 0.2) is 24.3 Å². The van der Waals surface area contributed by atoms with Gasteiger partial charge in [0.25, 0.3) is 0 Å². The monoisotopic (exact) mass is 368 g/mol. The van der Waals surface area contributed by atoms with Crippen LogP contribution in [0, 0.1) is 5.82 Å². The normalized spacial score (nSPS) is 33.4. The number of carbonyl (C=O) groups excluding carboxylic acids is 1. The Morgan fingerprint density at radius 2 is 2.12 bits per heavy atom. The van der Waals surface area contributed by atoms with Crippen molar-refractivity contribution in [1.82, 2.24) is 9.21 Å². The number of hydrogen-bond donors (Lipinski definition) is 0. The van der Waals surface area contributed by atoms with E-state index in [4.69, 9.17) is 4.74 Å². The van der Waals surface area contributed by atoms with Crippen molar-refractivity contribution in [3.63, 3.8) is 0 Å². The molecule has 3 heterocycles. The van der Waals surface area contributed by atoms with E-state index in [0.717, 1.165) is 0 Å². The molecule has 2 bridgehead atoms. The number of aryl methyl sites for hydroxylation is 1. The van der Waals surface area contributed by atoms with Crippen molar-refractivity contribution in [2.75, 3.05) is 26.7 Å². The summed E-state index contributed by atoms with van der Waals surface area (Å²) in [5.74, 6) is -0.386. The van der Waals surface area contributed by atoms with E-state index in [2.05, 4.69) is 0 Å². The van der Waals surface area contributed by atoms with Crippen LogP contribution in [0.3, 0.4) is 0 Å². The quantitative estimate of drug-likeness (QED) is 0.791. The van der Waals surface area contributed by atoms with E-state index < -0.39 is 20.9 Å². The predicted molar refractivity (Wildman–Crippen MR) is 88.9 cm³/mol. The summed E-state index contributed by atoms with van der Waals surface area (Å²) < 4.78 is 45.9. The van der Waals surface area contributed by atoms with Crippen LogP contribution in [0.2, 0.25) is 0 Å². The van der Waals surface area contributed by atoms with Crippen LogP contribution in [0.25, 0.3) is 0 Å². The number of halogens is 1. The largest absolute Gasteiger partial charge is 0.365 e. The van der Waals surface area contributed by atoms with Gasteiger partial charge in [0.05, 0.1) is 12.6 Å². The fraction of sp³-hybridized carbons (Fsp3) is 0.588. The van der Waals surface area contributed by atoms with Crippen LogP contribution < -0.4 is 0 Å². The minimum absolute atomic E-state index is 0.0801. The molecule has 1 amide bonds. The summed E-state index contributed by atoms with van der Waals surface area (Å²) in [5.41, 5.74) is -0.296. The van der Waals surface area contributed by atoms with Crippen molar-refractivity contribution in [3.05, 3.63) is 35.6 Å². The van der Waals surface area contributed by atoms with Gasteiger partial charge in [0.15, 0.2) is 0 Å². The fourth-order valence-electron chi connectivity index (χ4n) is 4.35. The zero-order valence-electron chi connectivity index (χ0n) is 14.0. The Labute approximate surface area is 146 Å². The zero-order chi connectivity index (χ0) is 17.8. The van der Waals surface area contributed by atoms with Gasteiger partial charge in [-0.25, -0.2) is 17.1 Å². The number of fused-ring (bicyclic) bond motifs is 1.